The van der Waals surface area contributed by atoms with Gasteiger partial charge in [-0.25, -0.2) is 9.67 Å². The first kappa shape index (κ1) is 16.2. The Labute approximate surface area is 145 Å². The highest BCUT2D eigenvalue weighted by Crippen LogP contribution is 2.25. The van der Waals surface area contributed by atoms with Gasteiger partial charge in [-0.3, -0.25) is 0 Å². The monoisotopic (exact) mass is 339 g/mol. The van der Waals surface area contributed by atoms with Crippen molar-refractivity contribution < 1.29 is 13.7 Å². The summed E-state index contributed by atoms with van der Waals surface area (Å²) in [5.41, 5.74) is 3.44. The smallest absolute Gasteiger partial charge is 0.406 e. The highest BCUT2D eigenvalue weighted by molar-refractivity contribution is 6.63. The molecule has 0 bridgehead atoms. The zero-order valence-corrected chi connectivity index (χ0v) is 14.5. The molecule has 7 heteroatoms. The molecule has 0 unspecified atom stereocenters. The summed E-state index contributed by atoms with van der Waals surface area (Å²) in [6.07, 6.45) is 1.48. The standard InChI is InChI=1S/C18H19BFN3O2/c1-12-5-4-6-14-16(12)23(13-7-8-15(20)21-9-13)22-17(14)19-24-10-18(2,3)11-25-19/h4-9H,10-11H2,1-3H3. The van der Waals surface area contributed by atoms with E-state index in [4.69, 9.17) is 14.4 Å². The number of fused-ring (bicyclic) bond motifs is 1. The fraction of sp³-hybridized carbons (Fsp3) is 0.333. The summed E-state index contributed by atoms with van der Waals surface area (Å²) < 4.78 is 26.8. The Hall–Kier alpha value is -2.25. The van der Waals surface area contributed by atoms with Crippen LogP contribution in [0.15, 0.2) is 36.5 Å². The molecule has 0 amide bonds. The lowest BCUT2D eigenvalue weighted by Crippen LogP contribution is -2.48. The second-order valence-electron chi connectivity index (χ2n) is 7.23. The maximum absolute atomic E-state index is 13.2. The first-order chi connectivity index (χ1) is 11.9. The van der Waals surface area contributed by atoms with E-state index in [9.17, 15) is 4.39 Å². The first-order valence-electron chi connectivity index (χ1n) is 8.28. The van der Waals surface area contributed by atoms with Crippen molar-refractivity contribution in [3.63, 3.8) is 0 Å². The van der Waals surface area contributed by atoms with Gasteiger partial charge in [-0.1, -0.05) is 32.0 Å². The average Bonchev–Trinajstić information content (AvgIpc) is 2.97. The second-order valence-corrected chi connectivity index (χ2v) is 7.23. The molecule has 1 aromatic carbocycles. The minimum Gasteiger partial charge on any atom is -0.406 e. The van der Waals surface area contributed by atoms with Gasteiger partial charge in [-0.05, 0) is 24.6 Å². The third-order valence-electron chi connectivity index (χ3n) is 4.36. The van der Waals surface area contributed by atoms with Gasteiger partial charge >= 0.3 is 7.12 Å². The number of hydrogen-bond donors (Lipinski definition) is 0. The van der Waals surface area contributed by atoms with Gasteiger partial charge in [0.1, 0.15) is 5.59 Å². The Morgan fingerprint density at radius 2 is 1.92 bits per heavy atom. The van der Waals surface area contributed by atoms with E-state index in [-0.39, 0.29) is 5.41 Å². The topological polar surface area (TPSA) is 49.2 Å². The SMILES string of the molecule is Cc1cccc2c(B3OCC(C)(C)CO3)nn(-c3ccc(F)nc3)c12. The Morgan fingerprint density at radius 1 is 1.16 bits per heavy atom. The molecule has 5 nitrogen and oxygen atoms in total. The number of pyridine rings is 1. The third-order valence-corrected chi connectivity index (χ3v) is 4.36. The molecule has 3 heterocycles. The minimum absolute atomic E-state index is 0.00827. The summed E-state index contributed by atoms with van der Waals surface area (Å²) in [5.74, 6) is -0.515. The summed E-state index contributed by atoms with van der Waals surface area (Å²) in [5, 5.41) is 5.69. The van der Waals surface area contributed by atoms with Gasteiger partial charge in [0.25, 0.3) is 0 Å². The fourth-order valence-electron chi connectivity index (χ4n) is 3.06. The maximum atomic E-state index is 13.2. The zero-order valence-electron chi connectivity index (χ0n) is 14.5. The molecule has 1 saturated heterocycles. The number of aromatic nitrogens is 3. The molecule has 4 rings (SSSR count). The number of rotatable bonds is 2. The van der Waals surface area contributed by atoms with Crippen molar-refractivity contribution in [2.45, 2.75) is 20.8 Å². The molecule has 0 radical (unpaired) electrons. The van der Waals surface area contributed by atoms with Crippen LogP contribution in [0.25, 0.3) is 16.6 Å². The van der Waals surface area contributed by atoms with Crippen molar-refractivity contribution in [1.82, 2.24) is 14.8 Å². The van der Waals surface area contributed by atoms with Gasteiger partial charge < -0.3 is 9.31 Å². The molecule has 2 aromatic heterocycles. The lowest BCUT2D eigenvalue weighted by Gasteiger charge is -2.32. The number of nitrogens with zero attached hydrogens (tertiary/aromatic N) is 3. The molecule has 0 spiro atoms. The fourth-order valence-corrected chi connectivity index (χ4v) is 3.06. The van der Waals surface area contributed by atoms with Crippen LogP contribution in [0.5, 0.6) is 0 Å². The molecule has 0 saturated carbocycles. The predicted molar refractivity (Wildman–Crippen MR) is 94.6 cm³/mol. The van der Waals surface area contributed by atoms with Crippen LogP contribution in [0.1, 0.15) is 19.4 Å². The second kappa shape index (κ2) is 5.93. The van der Waals surface area contributed by atoms with Crippen molar-refractivity contribution in [1.29, 1.82) is 0 Å². The van der Waals surface area contributed by atoms with Gasteiger partial charge in [0.2, 0.25) is 5.95 Å². The van der Waals surface area contributed by atoms with Crippen molar-refractivity contribution in [3.05, 3.63) is 48.0 Å². The Morgan fingerprint density at radius 3 is 2.60 bits per heavy atom. The Bertz CT molecular complexity index is 914. The lowest BCUT2D eigenvalue weighted by molar-refractivity contribution is 0.0340. The van der Waals surface area contributed by atoms with E-state index in [1.165, 1.54) is 12.3 Å². The number of aryl methyl sites for hydroxylation is 1. The normalized spacial score (nSPS) is 17.2. The highest BCUT2D eigenvalue weighted by Gasteiger charge is 2.37. The van der Waals surface area contributed by atoms with Crippen molar-refractivity contribution >= 4 is 23.6 Å². The van der Waals surface area contributed by atoms with Crippen molar-refractivity contribution in [2.75, 3.05) is 13.2 Å². The average molecular weight is 339 g/mol. The van der Waals surface area contributed by atoms with Gasteiger partial charge in [0.05, 0.1) is 17.4 Å². The molecular formula is C18H19BFN3O2. The van der Waals surface area contributed by atoms with Gasteiger partial charge in [-0.2, -0.15) is 9.49 Å². The molecular weight excluding hydrogens is 320 g/mol. The van der Waals surface area contributed by atoms with Crippen LogP contribution in [0.4, 0.5) is 4.39 Å². The molecule has 1 fully saturated rings. The van der Waals surface area contributed by atoms with Gasteiger partial charge in [-0.15, -0.1) is 0 Å². The van der Waals surface area contributed by atoms with E-state index >= 15 is 0 Å². The van der Waals surface area contributed by atoms with E-state index < -0.39 is 13.1 Å². The highest BCUT2D eigenvalue weighted by atomic mass is 19.1. The number of halogens is 1. The van der Waals surface area contributed by atoms with Crippen LogP contribution in [0, 0.1) is 18.3 Å². The lowest BCUT2D eigenvalue weighted by atomic mass is 9.78. The number of para-hydroxylation sites is 1. The largest absolute Gasteiger partial charge is 0.516 e. The summed E-state index contributed by atoms with van der Waals surface area (Å²) >= 11 is 0. The maximum Gasteiger partial charge on any atom is 0.516 e. The predicted octanol–water partition coefficient (Wildman–Crippen LogP) is 2.64. The van der Waals surface area contributed by atoms with Crippen LogP contribution < -0.4 is 5.59 Å². The molecule has 25 heavy (non-hydrogen) atoms. The van der Waals surface area contributed by atoms with E-state index in [2.05, 4.69) is 18.8 Å². The van der Waals surface area contributed by atoms with Crippen LogP contribution in [-0.2, 0) is 9.31 Å². The molecule has 0 N–H and O–H groups in total. The molecule has 0 atom stereocenters. The van der Waals surface area contributed by atoms with Crippen LogP contribution in [-0.4, -0.2) is 35.1 Å². The molecule has 1 aliphatic rings. The molecule has 128 valence electrons. The van der Waals surface area contributed by atoms with Crippen LogP contribution in [0.2, 0.25) is 0 Å². The van der Waals surface area contributed by atoms with E-state index in [0.717, 1.165) is 22.1 Å². The molecule has 0 aliphatic carbocycles. The van der Waals surface area contributed by atoms with Crippen LogP contribution >= 0.6 is 0 Å². The Balaban J connectivity index is 1.84. The molecule has 1 aliphatic heterocycles. The quantitative estimate of drug-likeness (QED) is 0.532. The third kappa shape index (κ3) is 2.94. The van der Waals surface area contributed by atoms with E-state index in [1.54, 1.807) is 10.7 Å². The summed E-state index contributed by atoms with van der Waals surface area (Å²) in [7, 11) is -0.507. The number of hydrogen-bond acceptors (Lipinski definition) is 4. The van der Waals surface area contributed by atoms with Crippen molar-refractivity contribution in [2.24, 2.45) is 5.41 Å². The van der Waals surface area contributed by atoms with E-state index in [0.29, 0.717) is 18.9 Å². The Kier molecular flexibility index (Phi) is 3.85. The molecule has 3 aromatic rings. The summed E-state index contributed by atoms with van der Waals surface area (Å²) in [4.78, 5) is 3.74. The number of benzene rings is 1. The van der Waals surface area contributed by atoms with E-state index in [1.807, 2.05) is 25.1 Å². The summed E-state index contributed by atoms with van der Waals surface area (Å²) in [6.45, 7) is 7.45. The zero-order chi connectivity index (χ0) is 17.6. The van der Waals surface area contributed by atoms with Crippen molar-refractivity contribution in [3.8, 4) is 5.69 Å². The van der Waals surface area contributed by atoms with Gasteiger partial charge in [0.15, 0.2) is 0 Å². The minimum atomic E-state index is -0.515. The van der Waals surface area contributed by atoms with Gasteiger partial charge in [0, 0.05) is 24.0 Å². The first-order valence-corrected chi connectivity index (χ1v) is 8.28. The summed E-state index contributed by atoms with van der Waals surface area (Å²) in [6, 6.07) is 9.01. The van der Waals surface area contributed by atoms with Crippen LogP contribution in [0.3, 0.4) is 0 Å².